The number of carbonyl (C=O) groups excluding carboxylic acids is 7. The first-order valence-corrected chi connectivity index (χ1v) is 20.6. The van der Waals surface area contributed by atoms with Crippen LogP contribution in [0.5, 0.6) is 0 Å². The molecule has 60 heavy (non-hydrogen) atoms. The van der Waals surface area contributed by atoms with Gasteiger partial charge in [0, 0.05) is 64.2 Å². The molecule has 0 aromatic heterocycles. The van der Waals surface area contributed by atoms with E-state index in [1.54, 1.807) is 57.2 Å². The fourth-order valence-electron chi connectivity index (χ4n) is 13.7. The van der Waals surface area contributed by atoms with Gasteiger partial charge in [-0.3, -0.25) is 28.8 Å². The van der Waals surface area contributed by atoms with Crippen LogP contribution in [0.4, 0.5) is 0 Å². The van der Waals surface area contributed by atoms with Crippen LogP contribution >= 0.6 is 0 Å². The molecule has 14 nitrogen and oxygen atoms in total. The zero-order valence-electron chi connectivity index (χ0n) is 36.3. The number of methoxy groups -OCH3 is 1. The van der Waals surface area contributed by atoms with Crippen LogP contribution in [-0.2, 0) is 61.9 Å². The van der Waals surface area contributed by atoms with E-state index in [9.17, 15) is 33.6 Å². The number of allylic oxidation sites excluding steroid dienone is 2. The van der Waals surface area contributed by atoms with Crippen LogP contribution in [0.1, 0.15) is 105 Å². The van der Waals surface area contributed by atoms with Crippen molar-refractivity contribution in [3.8, 4) is 0 Å². The van der Waals surface area contributed by atoms with Crippen LogP contribution in [0.2, 0.25) is 0 Å². The Bertz CT molecular complexity index is 2120. The van der Waals surface area contributed by atoms with E-state index in [-0.39, 0.29) is 49.4 Å². The maximum Gasteiger partial charge on any atom is 0.338 e. The summed E-state index contributed by atoms with van der Waals surface area (Å²) in [7, 11) is 1.42. The van der Waals surface area contributed by atoms with Gasteiger partial charge in [0.15, 0.2) is 11.5 Å². The number of benzene rings is 1. The van der Waals surface area contributed by atoms with Gasteiger partial charge in [0.05, 0.1) is 28.9 Å². The predicted octanol–water partition coefficient (Wildman–Crippen LogP) is 5.79. The minimum atomic E-state index is -1.74. The van der Waals surface area contributed by atoms with Crippen molar-refractivity contribution >= 4 is 41.6 Å². The van der Waals surface area contributed by atoms with Crippen molar-refractivity contribution in [1.29, 1.82) is 0 Å². The summed E-state index contributed by atoms with van der Waals surface area (Å²) in [5.41, 5.74) is -7.04. The van der Waals surface area contributed by atoms with Gasteiger partial charge in [-0.25, -0.2) is 4.79 Å². The Hall–Kier alpha value is -5.01. The van der Waals surface area contributed by atoms with E-state index in [0.717, 1.165) is 0 Å². The van der Waals surface area contributed by atoms with Crippen LogP contribution in [0.3, 0.4) is 0 Å². The molecule has 2 spiro atoms. The fourth-order valence-corrected chi connectivity index (χ4v) is 13.7. The Labute approximate surface area is 350 Å². The van der Waals surface area contributed by atoms with Crippen LogP contribution < -0.4 is 0 Å². The van der Waals surface area contributed by atoms with Gasteiger partial charge in [0.2, 0.25) is 0 Å². The Morgan fingerprint density at radius 3 is 2.05 bits per heavy atom. The van der Waals surface area contributed by atoms with Gasteiger partial charge in [-0.15, -0.1) is 0 Å². The second kappa shape index (κ2) is 14.3. The third-order valence-corrected chi connectivity index (χ3v) is 15.8. The number of hydrogen-bond acceptors (Lipinski definition) is 14. The van der Waals surface area contributed by atoms with Gasteiger partial charge in [0.1, 0.15) is 36.6 Å². The highest BCUT2D eigenvalue weighted by molar-refractivity contribution is 5.96. The summed E-state index contributed by atoms with van der Waals surface area (Å²) in [6, 6.07) is 8.41. The van der Waals surface area contributed by atoms with Crippen molar-refractivity contribution in [1.82, 2.24) is 0 Å². The molecule has 6 aliphatic rings. The molecule has 14 heteroatoms. The molecule has 0 N–H and O–H groups in total. The van der Waals surface area contributed by atoms with Crippen LogP contribution in [0.15, 0.2) is 53.3 Å². The van der Waals surface area contributed by atoms with Crippen molar-refractivity contribution in [2.75, 3.05) is 13.7 Å². The first-order valence-electron chi connectivity index (χ1n) is 20.6. The number of esters is 6. The summed E-state index contributed by atoms with van der Waals surface area (Å²) in [5.74, 6) is -6.48. The zero-order valence-corrected chi connectivity index (χ0v) is 36.3. The zero-order chi connectivity index (χ0) is 44.1. The maximum absolute atomic E-state index is 14.7. The number of ether oxygens (including phenoxy) is 7. The fraction of sp³-hybridized carbons (Fsp3) is 0.630. The summed E-state index contributed by atoms with van der Waals surface area (Å²) < 4.78 is 44.4. The van der Waals surface area contributed by atoms with Gasteiger partial charge in [-0.2, -0.15) is 0 Å². The Balaban J connectivity index is 1.62. The molecule has 324 valence electrons. The van der Waals surface area contributed by atoms with E-state index in [1.165, 1.54) is 34.8 Å². The third kappa shape index (κ3) is 5.60. The smallest absolute Gasteiger partial charge is 0.338 e. The molecule has 1 aromatic rings. The molecule has 1 aromatic carbocycles. The van der Waals surface area contributed by atoms with Crippen LogP contribution in [-0.4, -0.2) is 85.3 Å². The molecule has 0 amide bonds. The van der Waals surface area contributed by atoms with Crippen molar-refractivity contribution in [3.05, 3.63) is 58.9 Å². The molecule has 1 heterocycles. The normalized spacial score (nSPS) is 41.2. The highest BCUT2D eigenvalue weighted by atomic mass is 16.6. The topological polar surface area (TPSA) is 184 Å². The Morgan fingerprint density at radius 1 is 0.833 bits per heavy atom. The average molecular weight is 833 g/mol. The number of rotatable bonds is 8. The molecular formula is C46H56O14. The first kappa shape index (κ1) is 43.1. The lowest BCUT2D eigenvalue weighted by atomic mass is 9.36. The van der Waals surface area contributed by atoms with Gasteiger partial charge in [-0.1, -0.05) is 37.6 Å². The van der Waals surface area contributed by atoms with E-state index in [0.29, 0.717) is 11.1 Å². The molecule has 13 unspecified atom stereocenters. The standard InChI is InChI=1S/C46H56O14/c1-23-17-34(59-39(52)30-15-13-12-14-16-30)43(10)35(57-28(6)49)20-41(8)21-45(43,60-40(41)53)46(23)25(3)38(58-29(7)50)44(22-55-26(4)47)33-18-31(51)36(54-11)24(2)42(33,9)19-32(37(44)46)56-27(5)48/h12-17,25,32-35,37-38H,18-22H2,1-11H3. The molecule has 1 aliphatic heterocycles. The van der Waals surface area contributed by atoms with Gasteiger partial charge in [-0.05, 0) is 69.2 Å². The van der Waals surface area contributed by atoms with E-state index in [2.05, 4.69) is 0 Å². The minimum Gasteiger partial charge on any atom is -0.493 e. The lowest BCUT2D eigenvalue weighted by Gasteiger charge is -2.68. The number of fused-ring (bicyclic) bond motifs is 5. The Kier molecular flexibility index (Phi) is 10.3. The first-order chi connectivity index (χ1) is 28.0. The third-order valence-electron chi connectivity index (χ3n) is 15.8. The number of hydrogen-bond donors (Lipinski definition) is 0. The summed E-state index contributed by atoms with van der Waals surface area (Å²) in [5, 5.41) is 0. The maximum atomic E-state index is 14.7. The SMILES string of the molecule is COC1=C(C)C2(C)CC(OC(C)=O)C3C(COC(C)=O)(C(OC(C)=O)C(C)C34C(C)=CC(OC(=O)c3ccccc3)C3(C)C(OC(C)=O)CC5(C)CC34OC5=O)C2CC1=O. The molecule has 3 saturated carbocycles. The van der Waals surface area contributed by atoms with Crippen molar-refractivity contribution < 1.29 is 66.7 Å². The molecule has 0 radical (unpaired) electrons. The molecule has 13 atom stereocenters. The average Bonchev–Trinajstić information content (AvgIpc) is 3.53. The van der Waals surface area contributed by atoms with E-state index in [4.69, 9.17) is 33.2 Å². The lowest BCUT2D eigenvalue weighted by molar-refractivity contribution is -0.278. The second-order valence-corrected chi connectivity index (χ2v) is 18.7. The van der Waals surface area contributed by atoms with Gasteiger partial charge in [0.25, 0.3) is 0 Å². The number of ketones is 1. The van der Waals surface area contributed by atoms with Gasteiger partial charge < -0.3 is 33.2 Å². The van der Waals surface area contributed by atoms with E-state index < -0.39 is 111 Å². The van der Waals surface area contributed by atoms with Crippen molar-refractivity contribution in [3.63, 3.8) is 0 Å². The number of Topliss-reactive ketones (excluding diaryl/α,β-unsaturated/α-hetero) is 1. The quantitative estimate of drug-likeness (QED) is 0.174. The molecule has 5 aliphatic carbocycles. The summed E-state index contributed by atoms with van der Waals surface area (Å²) in [6.07, 6.45) is -2.54. The summed E-state index contributed by atoms with van der Waals surface area (Å²) >= 11 is 0. The molecule has 1 saturated heterocycles. The van der Waals surface area contributed by atoms with Crippen molar-refractivity contribution in [2.24, 2.45) is 44.8 Å². The Morgan fingerprint density at radius 2 is 1.47 bits per heavy atom. The molecule has 4 fully saturated rings. The summed E-state index contributed by atoms with van der Waals surface area (Å²) in [6.45, 7) is 15.7. The minimum absolute atomic E-state index is 0.0311. The second-order valence-electron chi connectivity index (χ2n) is 18.7. The highest BCUT2D eigenvalue weighted by Crippen LogP contribution is 2.82. The highest BCUT2D eigenvalue weighted by Gasteiger charge is 2.90. The van der Waals surface area contributed by atoms with E-state index in [1.807, 2.05) is 20.8 Å². The monoisotopic (exact) mass is 832 g/mol. The molecule has 7 rings (SSSR count). The van der Waals surface area contributed by atoms with Crippen LogP contribution in [0, 0.1) is 44.8 Å². The van der Waals surface area contributed by atoms with Crippen LogP contribution in [0.25, 0.3) is 0 Å². The lowest BCUT2D eigenvalue weighted by Crippen LogP contribution is -2.76. The van der Waals surface area contributed by atoms with Gasteiger partial charge >= 0.3 is 35.8 Å². The summed E-state index contributed by atoms with van der Waals surface area (Å²) in [4.78, 5) is 96.2. The largest absolute Gasteiger partial charge is 0.493 e. The van der Waals surface area contributed by atoms with Crippen molar-refractivity contribution in [2.45, 2.75) is 125 Å². The van der Waals surface area contributed by atoms with E-state index >= 15 is 0 Å². The molecule has 2 bridgehead atoms. The predicted molar refractivity (Wildman–Crippen MR) is 210 cm³/mol. The number of carbonyl (C=O) groups is 7. The molecular weight excluding hydrogens is 776 g/mol.